The summed E-state index contributed by atoms with van der Waals surface area (Å²) in [4.78, 5) is 10.6. The van der Waals surface area contributed by atoms with Crippen molar-refractivity contribution in [1.82, 2.24) is 5.32 Å². The van der Waals surface area contributed by atoms with E-state index in [9.17, 15) is 4.79 Å². The van der Waals surface area contributed by atoms with Crippen LogP contribution in [0.3, 0.4) is 0 Å². The fourth-order valence-corrected chi connectivity index (χ4v) is 1.59. The number of nitrogens with zero attached hydrogens (tertiary/aromatic N) is 1. The summed E-state index contributed by atoms with van der Waals surface area (Å²) in [5.41, 5.74) is 2.43. The molecule has 3 rings (SSSR count). The largest absolute Gasteiger partial charge is 0.478 e. The number of hydrogen-bond acceptors (Lipinski definition) is 3. The molecule has 1 atom stereocenters. The second-order valence-electron chi connectivity index (χ2n) is 4.34. The van der Waals surface area contributed by atoms with Gasteiger partial charge in [-0.05, 0) is 23.3 Å². The smallest absolute Gasteiger partial charge is 0.335 e. The quantitative estimate of drug-likeness (QED) is 0.818. The van der Waals surface area contributed by atoms with Crippen molar-refractivity contribution in [2.45, 2.75) is 6.04 Å². The predicted octanol–water partition coefficient (Wildman–Crippen LogP) is 2.53. The molecule has 0 saturated carbocycles. The zero-order valence-corrected chi connectivity index (χ0v) is 10.8. The van der Waals surface area contributed by atoms with Crippen LogP contribution in [0.1, 0.15) is 10.4 Å². The second kappa shape index (κ2) is 6.50. The lowest BCUT2D eigenvalue weighted by Crippen LogP contribution is -1.94. The molecule has 4 heteroatoms. The number of carboxylic acids is 1. The van der Waals surface area contributed by atoms with E-state index in [4.69, 9.17) is 10.4 Å². The van der Waals surface area contributed by atoms with Gasteiger partial charge in [-0.1, -0.05) is 42.5 Å². The topological polar surface area (TPSA) is 83.0 Å². The van der Waals surface area contributed by atoms with Crippen molar-refractivity contribution in [3.63, 3.8) is 0 Å². The van der Waals surface area contributed by atoms with Crippen molar-refractivity contribution in [3.8, 4) is 17.2 Å². The van der Waals surface area contributed by atoms with Crippen molar-refractivity contribution in [2.24, 2.45) is 0 Å². The lowest BCUT2D eigenvalue weighted by Gasteiger charge is -2.01. The van der Waals surface area contributed by atoms with Gasteiger partial charge < -0.3 is 5.11 Å². The van der Waals surface area contributed by atoms with Crippen molar-refractivity contribution in [1.29, 1.82) is 5.26 Å². The minimum Gasteiger partial charge on any atom is -0.478 e. The summed E-state index contributed by atoms with van der Waals surface area (Å²) in [6, 6.07) is 18.9. The number of benzene rings is 2. The summed E-state index contributed by atoms with van der Waals surface area (Å²) in [7, 11) is 0. The fourth-order valence-electron chi connectivity index (χ4n) is 1.59. The number of carboxylic acid groups (broad SMARTS) is 1. The van der Waals surface area contributed by atoms with E-state index in [-0.39, 0.29) is 6.04 Å². The Balaban J connectivity index is 0.000000247. The molecule has 1 heterocycles. The molecule has 0 amide bonds. The van der Waals surface area contributed by atoms with Crippen LogP contribution in [-0.2, 0) is 0 Å². The van der Waals surface area contributed by atoms with Crippen LogP contribution in [0, 0.1) is 11.3 Å². The maximum atomic E-state index is 10.6. The van der Waals surface area contributed by atoms with Gasteiger partial charge in [0, 0.05) is 6.54 Å². The monoisotopic (exact) mass is 266 g/mol. The van der Waals surface area contributed by atoms with E-state index >= 15 is 0 Å². The first-order chi connectivity index (χ1) is 9.70. The SMILES string of the molecule is N#CC1CN1.O=C(O)c1ccc(-c2ccccc2)cc1. The number of nitrogens with one attached hydrogen (secondary N) is 1. The molecular formula is C16H14N2O2. The van der Waals surface area contributed by atoms with Gasteiger partial charge >= 0.3 is 5.97 Å². The Hall–Kier alpha value is -2.64. The van der Waals surface area contributed by atoms with Crippen LogP contribution in [0.5, 0.6) is 0 Å². The maximum absolute atomic E-state index is 10.6. The molecule has 2 N–H and O–H groups in total. The van der Waals surface area contributed by atoms with Crippen LogP contribution in [0.4, 0.5) is 0 Å². The Morgan fingerprint density at radius 3 is 2.05 bits per heavy atom. The van der Waals surface area contributed by atoms with Gasteiger partial charge in [-0.15, -0.1) is 0 Å². The van der Waals surface area contributed by atoms with Gasteiger partial charge in [0.1, 0.15) is 6.04 Å². The number of hydrogen-bond donors (Lipinski definition) is 2. The molecule has 0 aliphatic carbocycles. The second-order valence-corrected chi connectivity index (χ2v) is 4.34. The minimum atomic E-state index is -0.894. The average molecular weight is 266 g/mol. The normalized spacial score (nSPS) is 15.4. The third-order valence-electron chi connectivity index (χ3n) is 2.80. The number of nitriles is 1. The molecule has 1 fully saturated rings. The molecule has 1 saturated heterocycles. The number of carbonyl (C=O) groups is 1. The molecule has 1 unspecified atom stereocenters. The van der Waals surface area contributed by atoms with Crippen LogP contribution < -0.4 is 5.32 Å². The fraction of sp³-hybridized carbons (Fsp3) is 0.125. The van der Waals surface area contributed by atoms with E-state index in [2.05, 4.69) is 5.32 Å². The van der Waals surface area contributed by atoms with Gasteiger partial charge in [0.2, 0.25) is 0 Å². The Kier molecular flexibility index (Phi) is 4.48. The van der Waals surface area contributed by atoms with Crippen LogP contribution in [0.25, 0.3) is 11.1 Å². The van der Waals surface area contributed by atoms with Crippen LogP contribution in [0.2, 0.25) is 0 Å². The van der Waals surface area contributed by atoms with E-state index in [1.165, 1.54) is 0 Å². The molecule has 1 aliphatic rings. The summed E-state index contributed by atoms with van der Waals surface area (Å²) in [5.74, 6) is -0.894. The number of rotatable bonds is 2. The minimum absolute atomic E-state index is 0.190. The highest BCUT2D eigenvalue weighted by Crippen LogP contribution is 2.18. The first kappa shape index (κ1) is 13.8. The van der Waals surface area contributed by atoms with Gasteiger partial charge in [-0.25, -0.2) is 4.79 Å². The third kappa shape index (κ3) is 3.94. The molecule has 2 aromatic rings. The van der Waals surface area contributed by atoms with Crippen LogP contribution in [0.15, 0.2) is 54.6 Å². The van der Waals surface area contributed by atoms with Gasteiger partial charge in [-0.3, -0.25) is 5.32 Å². The first-order valence-corrected chi connectivity index (χ1v) is 6.22. The zero-order valence-electron chi connectivity index (χ0n) is 10.8. The highest BCUT2D eigenvalue weighted by molar-refractivity contribution is 5.88. The standard InChI is InChI=1S/C13H10O2.C3H4N2/c14-13(15)12-8-6-11(7-9-12)10-4-2-1-3-5-10;4-1-3-2-5-3/h1-9H,(H,14,15);3,5H,2H2. The predicted molar refractivity (Wildman–Crippen MR) is 76.2 cm³/mol. The average Bonchev–Trinajstić information content (AvgIpc) is 3.33. The first-order valence-electron chi connectivity index (χ1n) is 6.22. The molecule has 0 radical (unpaired) electrons. The van der Waals surface area contributed by atoms with E-state index in [1.807, 2.05) is 48.5 Å². The molecule has 20 heavy (non-hydrogen) atoms. The van der Waals surface area contributed by atoms with Gasteiger partial charge in [-0.2, -0.15) is 5.26 Å². The lowest BCUT2D eigenvalue weighted by molar-refractivity contribution is 0.0697. The van der Waals surface area contributed by atoms with Gasteiger partial charge in [0.05, 0.1) is 11.6 Å². The van der Waals surface area contributed by atoms with Crippen LogP contribution in [-0.4, -0.2) is 23.7 Å². The molecular weight excluding hydrogens is 252 g/mol. The molecule has 100 valence electrons. The zero-order chi connectivity index (χ0) is 14.4. The maximum Gasteiger partial charge on any atom is 0.335 e. The summed E-state index contributed by atoms with van der Waals surface area (Å²) in [6.45, 7) is 0.899. The van der Waals surface area contributed by atoms with Gasteiger partial charge in [0.15, 0.2) is 0 Å². The van der Waals surface area contributed by atoms with Crippen molar-refractivity contribution >= 4 is 5.97 Å². The Bertz CT molecular complexity index is 611. The summed E-state index contributed by atoms with van der Waals surface area (Å²) < 4.78 is 0. The van der Waals surface area contributed by atoms with Crippen molar-refractivity contribution in [2.75, 3.05) is 6.54 Å². The molecule has 0 bridgehead atoms. The van der Waals surface area contributed by atoms with Gasteiger partial charge in [0.25, 0.3) is 0 Å². The highest BCUT2D eigenvalue weighted by Gasteiger charge is 2.17. The highest BCUT2D eigenvalue weighted by atomic mass is 16.4. The molecule has 0 spiro atoms. The van der Waals surface area contributed by atoms with Crippen LogP contribution >= 0.6 is 0 Å². The Morgan fingerprint density at radius 1 is 1.10 bits per heavy atom. The molecule has 4 nitrogen and oxygen atoms in total. The molecule has 2 aromatic carbocycles. The Labute approximate surface area is 117 Å². The number of aromatic carboxylic acids is 1. The van der Waals surface area contributed by atoms with E-state index in [0.29, 0.717) is 5.56 Å². The summed E-state index contributed by atoms with van der Waals surface area (Å²) in [5, 5.41) is 19.5. The molecule has 0 aromatic heterocycles. The third-order valence-corrected chi connectivity index (χ3v) is 2.80. The van der Waals surface area contributed by atoms with Crippen molar-refractivity contribution in [3.05, 3.63) is 60.2 Å². The van der Waals surface area contributed by atoms with E-state index < -0.39 is 5.97 Å². The van der Waals surface area contributed by atoms with E-state index in [0.717, 1.165) is 17.7 Å². The lowest BCUT2D eigenvalue weighted by atomic mass is 10.0. The van der Waals surface area contributed by atoms with E-state index in [1.54, 1.807) is 12.1 Å². The summed E-state index contributed by atoms with van der Waals surface area (Å²) >= 11 is 0. The Morgan fingerprint density at radius 2 is 1.65 bits per heavy atom. The summed E-state index contributed by atoms with van der Waals surface area (Å²) in [6.07, 6.45) is 0. The molecule has 1 aliphatic heterocycles. The van der Waals surface area contributed by atoms with Crippen molar-refractivity contribution < 1.29 is 9.90 Å².